The summed E-state index contributed by atoms with van der Waals surface area (Å²) >= 11 is 0. The molecule has 0 rings (SSSR count). The van der Waals surface area contributed by atoms with Gasteiger partial charge in [-0.2, -0.15) is 0 Å². The maximum Gasteiger partial charge on any atom is 0.323 e. The predicted octanol–water partition coefficient (Wildman–Crippen LogP) is -4.81. The van der Waals surface area contributed by atoms with Gasteiger partial charge in [0.05, 0.1) is 19.3 Å². The number of carboxylic acid groups (broad SMARTS) is 1. The first-order chi connectivity index (χ1) is 9.09. The topological polar surface area (TPSA) is 205 Å². The van der Waals surface area contributed by atoms with Crippen LogP contribution in [0.25, 0.3) is 0 Å². The normalized spacial score (nSPS) is 19.9. The summed E-state index contributed by atoms with van der Waals surface area (Å²) in [6, 6.07) is -1.16. The third-order valence-corrected chi connectivity index (χ3v) is 2.32. The Kier molecular flexibility index (Phi) is 11.7. The smallest absolute Gasteiger partial charge is 0.323 e. The molecule has 10 nitrogen and oxygen atoms in total. The van der Waals surface area contributed by atoms with E-state index in [-0.39, 0.29) is 0 Å². The highest BCUT2D eigenvalue weighted by molar-refractivity contribution is 5.73. The fourth-order valence-corrected chi connectivity index (χ4v) is 0.878. The van der Waals surface area contributed by atoms with Crippen molar-refractivity contribution in [3.8, 4) is 0 Å². The third-order valence-electron chi connectivity index (χ3n) is 2.32. The molecule has 0 aliphatic carbocycles. The molecule has 0 aromatic heterocycles. The van der Waals surface area contributed by atoms with Gasteiger partial charge in [-0.15, -0.1) is 0 Å². The second-order valence-corrected chi connectivity index (χ2v) is 4.09. The highest BCUT2D eigenvalue weighted by Crippen LogP contribution is 2.04. The summed E-state index contributed by atoms with van der Waals surface area (Å²) in [6.07, 6.45) is -7.37. The Hall–Kier alpha value is -0.850. The van der Waals surface area contributed by atoms with E-state index in [1.807, 2.05) is 0 Å². The molecule has 0 aliphatic rings. The Morgan fingerprint density at radius 3 is 1.35 bits per heavy atom. The van der Waals surface area contributed by atoms with Gasteiger partial charge in [-0.05, 0) is 6.92 Å². The van der Waals surface area contributed by atoms with E-state index < -0.39 is 55.7 Å². The first-order valence-corrected chi connectivity index (χ1v) is 5.70. The molecular weight excluding hydrogens is 278 g/mol. The number of aliphatic carboxylic acids is 1. The van der Waals surface area contributed by atoms with Gasteiger partial charge in [-0.1, -0.05) is 0 Å². The van der Waals surface area contributed by atoms with Crippen LogP contribution in [0.5, 0.6) is 0 Å². The van der Waals surface area contributed by atoms with E-state index in [2.05, 4.69) is 0 Å². The number of aliphatic hydroxyl groups excluding tert-OH is 7. The molecule has 0 fully saturated rings. The van der Waals surface area contributed by atoms with Crippen LogP contribution < -0.4 is 5.73 Å². The SMILES string of the molecule is CC(O)C(N)C(=O)O.OCC(O)C(O)C(O)C(O)CO. The number of rotatable bonds is 7. The lowest BCUT2D eigenvalue weighted by atomic mass is 10.0. The Balaban J connectivity index is 0. The van der Waals surface area contributed by atoms with E-state index in [9.17, 15) is 4.79 Å². The lowest BCUT2D eigenvalue weighted by Gasteiger charge is -2.24. The summed E-state index contributed by atoms with van der Waals surface area (Å²) in [7, 11) is 0. The lowest BCUT2D eigenvalue weighted by molar-refractivity contribution is -0.140. The second kappa shape index (κ2) is 10.9. The lowest BCUT2D eigenvalue weighted by Crippen LogP contribution is -2.46. The van der Waals surface area contributed by atoms with E-state index >= 15 is 0 Å². The molecule has 6 unspecified atom stereocenters. The molecule has 0 aliphatic heterocycles. The van der Waals surface area contributed by atoms with E-state index in [1.165, 1.54) is 6.92 Å². The summed E-state index contributed by atoms with van der Waals surface area (Å²) < 4.78 is 0. The van der Waals surface area contributed by atoms with Crippen LogP contribution >= 0.6 is 0 Å². The Morgan fingerprint density at radius 2 is 1.25 bits per heavy atom. The summed E-state index contributed by atoms with van der Waals surface area (Å²) in [5, 5.41) is 68.7. The van der Waals surface area contributed by atoms with Crippen molar-refractivity contribution in [3.63, 3.8) is 0 Å². The van der Waals surface area contributed by atoms with E-state index in [0.717, 1.165) is 0 Å². The van der Waals surface area contributed by atoms with Gasteiger partial charge in [0.25, 0.3) is 0 Å². The zero-order valence-electron chi connectivity index (χ0n) is 10.9. The molecule has 122 valence electrons. The second-order valence-electron chi connectivity index (χ2n) is 4.09. The van der Waals surface area contributed by atoms with Crippen LogP contribution in [0, 0.1) is 0 Å². The zero-order valence-corrected chi connectivity index (χ0v) is 10.9. The van der Waals surface area contributed by atoms with Crippen molar-refractivity contribution in [3.05, 3.63) is 0 Å². The van der Waals surface area contributed by atoms with Gasteiger partial charge < -0.3 is 46.6 Å². The largest absolute Gasteiger partial charge is 0.480 e. The number of hydrogen-bond donors (Lipinski definition) is 9. The molecule has 10 heteroatoms. The highest BCUT2D eigenvalue weighted by Gasteiger charge is 2.29. The standard InChI is InChI=1S/C6H14O6.C4H9NO3/c7-1-3(9)5(11)6(12)4(10)2-8;1-2(6)3(5)4(7)8/h3-12H,1-2H2;2-3,6H,5H2,1H3,(H,7,8). The molecule has 0 saturated heterocycles. The fourth-order valence-electron chi connectivity index (χ4n) is 0.878. The minimum Gasteiger partial charge on any atom is -0.480 e. The van der Waals surface area contributed by atoms with Crippen LogP contribution in [0.15, 0.2) is 0 Å². The average molecular weight is 301 g/mol. The minimum atomic E-state index is -1.67. The molecule has 0 bridgehead atoms. The first kappa shape index (κ1) is 21.4. The Labute approximate surface area is 115 Å². The number of nitrogens with two attached hydrogens (primary N) is 1. The van der Waals surface area contributed by atoms with Crippen LogP contribution in [0.2, 0.25) is 0 Å². The quantitative estimate of drug-likeness (QED) is 0.219. The van der Waals surface area contributed by atoms with Crippen LogP contribution in [-0.4, -0.2) is 96.6 Å². The fraction of sp³-hybridized carbons (Fsp3) is 0.900. The van der Waals surface area contributed by atoms with Gasteiger partial charge in [0.15, 0.2) is 0 Å². The summed E-state index contributed by atoms with van der Waals surface area (Å²) in [5.74, 6) is -1.18. The van der Waals surface area contributed by atoms with E-state index in [1.54, 1.807) is 0 Å². The third kappa shape index (κ3) is 8.35. The number of carboxylic acids is 1. The minimum absolute atomic E-state index is 0.726. The van der Waals surface area contributed by atoms with Gasteiger partial charge in [0.2, 0.25) is 0 Å². The van der Waals surface area contributed by atoms with Crippen molar-refractivity contribution in [2.45, 2.75) is 43.5 Å². The molecule has 10 N–H and O–H groups in total. The molecular formula is C10H23NO9. The van der Waals surface area contributed by atoms with Crippen LogP contribution in [-0.2, 0) is 4.79 Å². The number of aliphatic hydroxyl groups is 7. The number of carbonyl (C=O) groups is 1. The summed E-state index contributed by atoms with van der Waals surface area (Å²) in [5.41, 5.74) is 4.91. The van der Waals surface area contributed by atoms with Gasteiger partial charge in [-0.3, -0.25) is 4.79 Å². The van der Waals surface area contributed by atoms with Crippen LogP contribution in [0.1, 0.15) is 6.92 Å². The van der Waals surface area contributed by atoms with Crippen LogP contribution in [0.4, 0.5) is 0 Å². The van der Waals surface area contributed by atoms with Crippen molar-refractivity contribution in [1.29, 1.82) is 0 Å². The Morgan fingerprint density at radius 1 is 0.950 bits per heavy atom. The van der Waals surface area contributed by atoms with Gasteiger partial charge >= 0.3 is 5.97 Å². The average Bonchev–Trinajstić information content (AvgIpc) is 2.43. The Bertz CT molecular complexity index is 249. The van der Waals surface area contributed by atoms with Gasteiger partial charge in [0.1, 0.15) is 30.5 Å². The van der Waals surface area contributed by atoms with E-state index in [4.69, 9.17) is 46.6 Å². The molecule has 0 spiro atoms. The van der Waals surface area contributed by atoms with Crippen molar-refractivity contribution in [1.82, 2.24) is 0 Å². The molecule has 0 saturated carbocycles. The zero-order chi connectivity index (χ0) is 16.5. The molecule has 0 amide bonds. The number of hydrogen-bond acceptors (Lipinski definition) is 9. The summed E-state index contributed by atoms with van der Waals surface area (Å²) in [6.45, 7) is -0.120. The monoisotopic (exact) mass is 301 g/mol. The predicted molar refractivity (Wildman–Crippen MR) is 65.5 cm³/mol. The molecule has 0 aromatic rings. The van der Waals surface area contributed by atoms with Crippen molar-refractivity contribution in [2.75, 3.05) is 13.2 Å². The highest BCUT2D eigenvalue weighted by atomic mass is 16.4. The van der Waals surface area contributed by atoms with Crippen molar-refractivity contribution in [2.24, 2.45) is 5.73 Å². The van der Waals surface area contributed by atoms with Crippen LogP contribution in [0.3, 0.4) is 0 Å². The maximum absolute atomic E-state index is 9.86. The summed E-state index contributed by atoms with van der Waals surface area (Å²) in [4.78, 5) is 9.86. The van der Waals surface area contributed by atoms with Crippen molar-refractivity contribution >= 4 is 5.97 Å². The van der Waals surface area contributed by atoms with E-state index in [0.29, 0.717) is 0 Å². The van der Waals surface area contributed by atoms with Gasteiger partial charge in [0, 0.05) is 0 Å². The molecule has 0 radical (unpaired) electrons. The van der Waals surface area contributed by atoms with Crippen molar-refractivity contribution < 1.29 is 45.6 Å². The molecule has 0 aromatic carbocycles. The first-order valence-electron chi connectivity index (χ1n) is 5.70. The molecule has 20 heavy (non-hydrogen) atoms. The van der Waals surface area contributed by atoms with Gasteiger partial charge in [-0.25, -0.2) is 0 Å². The molecule has 6 atom stereocenters. The maximum atomic E-state index is 9.86. The molecule has 0 heterocycles.